The van der Waals surface area contributed by atoms with Crippen molar-refractivity contribution in [2.75, 3.05) is 0 Å². The first-order valence-corrected chi connectivity index (χ1v) is 3.99. The maximum atomic E-state index is 12.4. The number of aryl methyl sites for hydroxylation is 1. The fourth-order valence-corrected chi connectivity index (χ4v) is 1.13. The van der Waals surface area contributed by atoms with Gasteiger partial charge in [-0.3, -0.25) is 0 Å². The summed E-state index contributed by atoms with van der Waals surface area (Å²) in [7, 11) is 0. The van der Waals surface area contributed by atoms with Crippen molar-refractivity contribution >= 4 is 0 Å². The lowest BCUT2D eigenvalue weighted by Gasteiger charge is -2.07. The largest absolute Gasteiger partial charge is 0.326 e. The van der Waals surface area contributed by atoms with Gasteiger partial charge in [-0.05, 0) is 18.6 Å². The summed E-state index contributed by atoms with van der Waals surface area (Å²) in [4.78, 5) is 3.76. The van der Waals surface area contributed by atoms with E-state index in [1.807, 2.05) is 0 Å². The van der Waals surface area contributed by atoms with Gasteiger partial charge in [-0.2, -0.15) is 5.26 Å². The van der Waals surface area contributed by atoms with Crippen LogP contribution in [0.2, 0.25) is 0 Å². The van der Waals surface area contributed by atoms with E-state index in [1.54, 1.807) is 13.0 Å². The molecule has 0 spiro atoms. The molecule has 0 aliphatic rings. The maximum Gasteiger partial charge on any atom is 0.266 e. The summed E-state index contributed by atoms with van der Waals surface area (Å²) in [6, 6.07) is 2.88. The number of nitrogens with zero attached hydrogens (tertiary/aromatic N) is 2. The fraction of sp³-hybridized carbons (Fsp3) is 0.333. The van der Waals surface area contributed by atoms with Gasteiger partial charge in [0.05, 0.1) is 5.56 Å². The summed E-state index contributed by atoms with van der Waals surface area (Å²) < 4.78 is 24.9. The third-order valence-corrected chi connectivity index (χ3v) is 1.91. The van der Waals surface area contributed by atoms with Crippen LogP contribution in [0.15, 0.2) is 6.07 Å². The summed E-state index contributed by atoms with van der Waals surface area (Å²) in [5.74, 6) is 0. The molecule has 0 fully saturated rings. The molecule has 14 heavy (non-hydrogen) atoms. The molecule has 0 amide bonds. The lowest BCUT2D eigenvalue weighted by molar-refractivity contribution is 0.150. The predicted molar refractivity (Wildman–Crippen MR) is 46.5 cm³/mol. The maximum absolute atomic E-state index is 12.4. The van der Waals surface area contributed by atoms with Crippen LogP contribution in [0.25, 0.3) is 0 Å². The Hall–Kier alpha value is -1.54. The standard InChI is InChI=1S/C9H9F2N3/c1-5-6(3-12)2-7(9(10)11)8(4-13)14-5/h2,9H,3,12H2,1H3. The van der Waals surface area contributed by atoms with Crippen LogP contribution in [0.5, 0.6) is 0 Å². The third-order valence-electron chi connectivity index (χ3n) is 1.91. The summed E-state index contributed by atoms with van der Waals surface area (Å²) in [6.45, 7) is 1.78. The lowest BCUT2D eigenvalue weighted by atomic mass is 10.1. The van der Waals surface area contributed by atoms with Gasteiger partial charge in [0.25, 0.3) is 6.43 Å². The van der Waals surface area contributed by atoms with Crippen molar-refractivity contribution in [3.05, 3.63) is 28.6 Å². The van der Waals surface area contributed by atoms with Crippen LogP contribution < -0.4 is 5.73 Å². The van der Waals surface area contributed by atoms with E-state index in [4.69, 9.17) is 11.0 Å². The van der Waals surface area contributed by atoms with Crippen LogP contribution in [0.1, 0.15) is 28.9 Å². The molecule has 0 unspecified atom stereocenters. The second-order valence-electron chi connectivity index (χ2n) is 2.79. The molecule has 3 nitrogen and oxygen atoms in total. The summed E-state index contributed by atoms with van der Waals surface area (Å²) in [5, 5.41) is 8.58. The highest BCUT2D eigenvalue weighted by molar-refractivity contribution is 5.37. The molecule has 0 aliphatic carbocycles. The number of pyridine rings is 1. The summed E-state index contributed by atoms with van der Waals surface area (Å²) in [5.41, 5.74) is 5.83. The predicted octanol–water partition coefficient (Wildman–Crippen LogP) is 1.66. The zero-order valence-electron chi connectivity index (χ0n) is 7.59. The van der Waals surface area contributed by atoms with Crippen LogP contribution in [-0.2, 0) is 6.54 Å². The SMILES string of the molecule is Cc1nc(C#N)c(C(F)F)cc1CN. The number of rotatable bonds is 2. The highest BCUT2D eigenvalue weighted by Crippen LogP contribution is 2.23. The van der Waals surface area contributed by atoms with E-state index in [2.05, 4.69) is 4.98 Å². The molecule has 0 bridgehead atoms. The minimum atomic E-state index is -2.69. The van der Waals surface area contributed by atoms with Crippen molar-refractivity contribution in [3.63, 3.8) is 0 Å². The Morgan fingerprint density at radius 2 is 2.29 bits per heavy atom. The molecule has 2 N–H and O–H groups in total. The Morgan fingerprint density at radius 3 is 2.71 bits per heavy atom. The molecular weight excluding hydrogens is 188 g/mol. The van der Waals surface area contributed by atoms with Crippen molar-refractivity contribution in [3.8, 4) is 6.07 Å². The molecule has 0 saturated carbocycles. The van der Waals surface area contributed by atoms with E-state index >= 15 is 0 Å². The van der Waals surface area contributed by atoms with Gasteiger partial charge < -0.3 is 5.73 Å². The van der Waals surface area contributed by atoms with Gasteiger partial charge in [-0.15, -0.1) is 0 Å². The van der Waals surface area contributed by atoms with Crippen LogP contribution in [0, 0.1) is 18.3 Å². The lowest BCUT2D eigenvalue weighted by Crippen LogP contribution is -2.05. The topological polar surface area (TPSA) is 62.7 Å². The normalized spacial score (nSPS) is 10.3. The molecule has 0 aliphatic heterocycles. The van der Waals surface area contributed by atoms with E-state index in [-0.39, 0.29) is 17.8 Å². The number of aromatic nitrogens is 1. The molecular formula is C9H9F2N3. The molecule has 1 rings (SSSR count). The molecule has 0 aromatic carbocycles. The number of halogens is 2. The van der Waals surface area contributed by atoms with Crippen LogP contribution in [-0.4, -0.2) is 4.98 Å². The Kier molecular flexibility index (Phi) is 3.10. The van der Waals surface area contributed by atoms with E-state index in [0.717, 1.165) is 0 Å². The second kappa shape index (κ2) is 4.11. The molecule has 0 radical (unpaired) electrons. The van der Waals surface area contributed by atoms with E-state index < -0.39 is 6.43 Å². The third kappa shape index (κ3) is 1.86. The average Bonchev–Trinajstić information content (AvgIpc) is 2.16. The molecule has 0 saturated heterocycles. The smallest absolute Gasteiger partial charge is 0.266 e. The van der Waals surface area contributed by atoms with Crippen molar-refractivity contribution in [2.45, 2.75) is 19.9 Å². The average molecular weight is 197 g/mol. The van der Waals surface area contributed by atoms with Gasteiger partial charge in [0.1, 0.15) is 11.8 Å². The van der Waals surface area contributed by atoms with Crippen LogP contribution in [0.4, 0.5) is 8.78 Å². The zero-order chi connectivity index (χ0) is 10.7. The Labute approximate surface area is 80.2 Å². The highest BCUT2D eigenvalue weighted by atomic mass is 19.3. The van der Waals surface area contributed by atoms with E-state index in [0.29, 0.717) is 11.3 Å². The van der Waals surface area contributed by atoms with Crippen LogP contribution >= 0.6 is 0 Å². The Bertz CT molecular complexity index is 382. The molecule has 1 aromatic rings. The molecule has 5 heteroatoms. The minimum absolute atomic E-state index is 0.143. The van der Waals surface area contributed by atoms with Crippen molar-refractivity contribution < 1.29 is 8.78 Å². The van der Waals surface area contributed by atoms with Gasteiger partial charge in [-0.1, -0.05) is 0 Å². The van der Waals surface area contributed by atoms with Gasteiger partial charge in [0.15, 0.2) is 0 Å². The first-order valence-electron chi connectivity index (χ1n) is 3.99. The number of nitrogens with two attached hydrogens (primary N) is 1. The van der Waals surface area contributed by atoms with Gasteiger partial charge in [-0.25, -0.2) is 13.8 Å². The monoisotopic (exact) mass is 197 g/mol. The number of hydrogen-bond donors (Lipinski definition) is 1. The molecule has 1 heterocycles. The second-order valence-corrected chi connectivity index (χ2v) is 2.79. The van der Waals surface area contributed by atoms with Crippen molar-refractivity contribution in [1.29, 1.82) is 5.26 Å². The van der Waals surface area contributed by atoms with Gasteiger partial charge >= 0.3 is 0 Å². The number of hydrogen-bond acceptors (Lipinski definition) is 3. The van der Waals surface area contributed by atoms with Crippen molar-refractivity contribution in [2.24, 2.45) is 5.73 Å². The zero-order valence-corrected chi connectivity index (χ0v) is 7.59. The Morgan fingerprint density at radius 1 is 1.64 bits per heavy atom. The molecule has 74 valence electrons. The number of nitriles is 1. The first-order chi connectivity index (χ1) is 6.60. The fourth-order valence-electron chi connectivity index (χ4n) is 1.13. The van der Waals surface area contributed by atoms with Gasteiger partial charge in [0, 0.05) is 12.2 Å². The van der Waals surface area contributed by atoms with E-state index in [9.17, 15) is 8.78 Å². The summed E-state index contributed by atoms with van der Waals surface area (Å²) in [6.07, 6.45) is -2.69. The van der Waals surface area contributed by atoms with Crippen molar-refractivity contribution in [1.82, 2.24) is 4.98 Å². The quantitative estimate of drug-likeness (QED) is 0.784. The number of alkyl halides is 2. The molecule has 1 aromatic heterocycles. The van der Waals surface area contributed by atoms with Crippen LogP contribution in [0.3, 0.4) is 0 Å². The summed E-state index contributed by atoms with van der Waals surface area (Å²) >= 11 is 0. The molecule has 0 atom stereocenters. The minimum Gasteiger partial charge on any atom is -0.326 e. The first kappa shape index (κ1) is 10.5. The highest BCUT2D eigenvalue weighted by Gasteiger charge is 2.16. The van der Waals surface area contributed by atoms with Gasteiger partial charge in [0.2, 0.25) is 0 Å². The van der Waals surface area contributed by atoms with E-state index in [1.165, 1.54) is 6.07 Å². The Balaban J connectivity index is 3.34.